The van der Waals surface area contributed by atoms with Gasteiger partial charge in [0.25, 0.3) is 5.88 Å². The predicted molar refractivity (Wildman–Crippen MR) is 127 cm³/mol. The first-order chi connectivity index (χ1) is 17.3. The van der Waals surface area contributed by atoms with Crippen molar-refractivity contribution in [3.63, 3.8) is 0 Å². The molecule has 0 saturated heterocycles. The lowest BCUT2D eigenvalue weighted by atomic mass is 9.84. The first-order valence-electron chi connectivity index (χ1n) is 12.5. The minimum Gasteiger partial charge on any atom is -0.474 e. The van der Waals surface area contributed by atoms with Gasteiger partial charge in [-0.05, 0) is 80.0 Å². The molecule has 5 rings (SSSR count). The Morgan fingerprint density at radius 3 is 2.75 bits per heavy atom. The number of pyridine rings is 1. The lowest BCUT2D eigenvalue weighted by molar-refractivity contribution is 0.0974. The summed E-state index contributed by atoms with van der Waals surface area (Å²) >= 11 is 0. The summed E-state index contributed by atoms with van der Waals surface area (Å²) in [6.07, 6.45) is 3.10. The Morgan fingerprint density at radius 2 is 2.00 bits per heavy atom. The molecule has 194 valence electrons. The van der Waals surface area contributed by atoms with E-state index in [-0.39, 0.29) is 36.5 Å². The van der Waals surface area contributed by atoms with Gasteiger partial charge in [-0.2, -0.15) is 0 Å². The van der Waals surface area contributed by atoms with Crippen LogP contribution in [0.25, 0.3) is 5.57 Å². The van der Waals surface area contributed by atoms with E-state index in [1.165, 1.54) is 12.1 Å². The van der Waals surface area contributed by atoms with Gasteiger partial charge in [-0.3, -0.25) is 9.29 Å². The summed E-state index contributed by atoms with van der Waals surface area (Å²) in [4.78, 5) is 5.66. The fraction of sp³-hybridized carbons (Fsp3) is 0.519. The average Bonchev–Trinajstić information content (AvgIpc) is 3.47. The molecule has 0 bridgehead atoms. The van der Waals surface area contributed by atoms with Crippen LogP contribution >= 0.6 is 0 Å². The van der Waals surface area contributed by atoms with E-state index >= 15 is 13.2 Å². The minimum atomic E-state index is -1.37. The summed E-state index contributed by atoms with van der Waals surface area (Å²) in [6.45, 7) is 2.42. The van der Waals surface area contributed by atoms with Crippen LogP contribution in [0.15, 0.2) is 30.0 Å². The van der Waals surface area contributed by atoms with Crippen molar-refractivity contribution in [3.8, 4) is 5.88 Å². The van der Waals surface area contributed by atoms with Gasteiger partial charge in [0, 0.05) is 19.1 Å². The first-order valence-corrected chi connectivity index (χ1v) is 12.5. The normalized spacial score (nSPS) is 22.5. The summed E-state index contributed by atoms with van der Waals surface area (Å²) in [5, 5.41) is 2.98. The molecule has 3 aliphatic rings. The number of benzene rings is 1. The second kappa shape index (κ2) is 10.1. The lowest BCUT2D eigenvalue weighted by Crippen LogP contribution is -2.45. The van der Waals surface area contributed by atoms with E-state index in [9.17, 15) is 8.78 Å². The van der Waals surface area contributed by atoms with E-state index in [2.05, 4.69) is 10.3 Å². The molecule has 1 saturated carbocycles. The third-order valence-electron chi connectivity index (χ3n) is 7.41. The number of nitrogens with zero attached hydrogens (tertiary/aromatic N) is 2. The van der Waals surface area contributed by atoms with Crippen LogP contribution in [0, 0.1) is 17.5 Å². The number of fused-ring (bicyclic) bond motifs is 2. The van der Waals surface area contributed by atoms with Crippen LogP contribution in [-0.4, -0.2) is 54.5 Å². The molecule has 0 amide bonds. The molecule has 1 aromatic carbocycles. The minimum absolute atomic E-state index is 0.0657. The van der Waals surface area contributed by atoms with Crippen LogP contribution < -0.4 is 10.1 Å². The monoisotopic (exact) mass is 507 g/mol. The molecule has 0 unspecified atom stereocenters. The van der Waals surface area contributed by atoms with Crippen molar-refractivity contribution in [1.29, 1.82) is 0 Å². The fourth-order valence-corrected chi connectivity index (χ4v) is 5.40. The molecule has 1 fully saturated rings. The van der Waals surface area contributed by atoms with Crippen molar-refractivity contribution >= 4 is 5.57 Å². The van der Waals surface area contributed by atoms with Gasteiger partial charge in [-0.25, -0.2) is 22.5 Å². The molecule has 1 aromatic heterocycles. The van der Waals surface area contributed by atoms with E-state index in [1.54, 1.807) is 6.07 Å². The third kappa shape index (κ3) is 4.87. The highest BCUT2D eigenvalue weighted by molar-refractivity contribution is 5.79. The van der Waals surface area contributed by atoms with Gasteiger partial charge >= 0.3 is 0 Å². The van der Waals surface area contributed by atoms with E-state index in [1.807, 2.05) is 11.8 Å². The molecule has 0 spiro atoms. The van der Waals surface area contributed by atoms with Crippen LogP contribution in [-0.2, 0) is 6.42 Å². The van der Waals surface area contributed by atoms with Gasteiger partial charge in [0.05, 0.1) is 24.5 Å². The van der Waals surface area contributed by atoms with Gasteiger partial charge in [0.2, 0.25) is 0 Å². The summed E-state index contributed by atoms with van der Waals surface area (Å²) < 4.78 is 78.0. The molecule has 4 nitrogen and oxygen atoms in total. The van der Waals surface area contributed by atoms with Crippen LogP contribution in [0.1, 0.15) is 55.3 Å². The zero-order chi connectivity index (χ0) is 25.4. The highest BCUT2D eigenvalue weighted by atomic mass is 19.2. The molecule has 0 radical (unpaired) electrons. The molecular weight excluding hydrogens is 477 g/mol. The van der Waals surface area contributed by atoms with E-state index in [0.717, 1.165) is 28.5 Å². The van der Waals surface area contributed by atoms with Crippen molar-refractivity contribution in [1.82, 2.24) is 15.2 Å². The number of alkyl halides is 2. The van der Waals surface area contributed by atoms with Crippen LogP contribution in [0.2, 0.25) is 0 Å². The molecule has 9 heteroatoms. The SMILES string of the molecule is C[C@@H]1CC2=C(Cc3ccc(F)cc32)[C@@H](c2c(F)cnc(OCCNCCCF)c2F)N1CC1(F)CC1. The number of nitrogens with one attached hydrogen (secondary N) is 1. The Bertz CT molecular complexity index is 1170. The molecule has 2 aliphatic carbocycles. The molecule has 1 N–H and O–H groups in total. The standard InChI is InChI=1S/C27H30F5N3O/c1-16-11-20-19-13-18(29)4-3-17(19)12-21(20)25(35(16)15-27(32)5-6-27)23-22(30)14-34-26(24(23)31)36-10-9-33-8-2-7-28/h3-4,13-14,16,25,33H,2,5-12,15H2,1H3/t16-,25+/m1/s1. The maximum absolute atomic E-state index is 15.8. The molecule has 1 aliphatic heterocycles. The quantitative estimate of drug-likeness (QED) is 0.342. The van der Waals surface area contributed by atoms with E-state index in [4.69, 9.17) is 4.74 Å². The van der Waals surface area contributed by atoms with Crippen LogP contribution in [0.5, 0.6) is 5.88 Å². The Labute approximate surface area is 207 Å². The Balaban J connectivity index is 1.50. The van der Waals surface area contributed by atoms with Gasteiger partial charge in [0.15, 0.2) is 5.82 Å². The average molecular weight is 508 g/mol. The zero-order valence-electron chi connectivity index (χ0n) is 20.2. The maximum Gasteiger partial charge on any atom is 0.250 e. The second-order valence-electron chi connectivity index (χ2n) is 10.0. The van der Waals surface area contributed by atoms with Crippen molar-refractivity contribution in [2.45, 2.75) is 56.8 Å². The third-order valence-corrected chi connectivity index (χ3v) is 7.41. The Kier molecular flexibility index (Phi) is 7.05. The Morgan fingerprint density at radius 1 is 1.19 bits per heavy atom. The second-order valence-corrected chi connectivity index (χ2v) is 10.0. The van der Waals surface area contributed by atoms with Crippen LogP contribution in [0.4, 0.5) is 22.0 Å². The topological polar surface area (TPSA) is 37.4 Å². The van der Waals surface area contributed by atoms with Gasteiger partial charge in [-0.15, -0.1) is 0 Å². The number of ether oxygens (including phenoxy) is 1. The summed E-state index contributed by atoms with van der Waals surface area (Å²) in [7, 11) is 0. The number of aromatic nitrogens is 1. The molecule has 2 atom stereocenters. The molecular formula is C27H30F5N3O. The smallest absolute Gasteiger partial charge is 0.250 e. The zero-order valence-corrected chi connectivity index (χ0v) is 20.2. The largest absolute Gasteiger partial charge is 0.474 e. The highest BCUT2D eigenvalue weighted by Crippen LogP contribution is 2.52. The Hall–Kier alpha value is -2.52. The van der Waals surface area contributed by atoms with E-state index < -0.39 is 30.0 Å². The lowest BCUT2D eigenvalue weighted by Gasteiger charge is -2.43. The number of hydrogen-bond acceptors (Lipinski definition) is 4. The van der Waals surface area contributed by atoms with Gasteiger partial charge in [0.1, 0.15) is 23.9 Å². The van der Waals surface area contributed by atoms with E-state index in [0.29, 0.717) is 45.2 Å². The van der Waals surface area contributed by atoms with Gasteiger partial charge < -0.3 is 10.1 Å². The van der Waals surface area contributed by atoms with Crippen molar-refractivity contribution < 1.29 is 26.7 Å². The first kappa shape index (κ1) is 25.1. The summed E-state index contributed by atoms with van der Waals surface area (Å²) in [6, 6.07) is 3.48. The number of hydrogen-bond donors (Lipinski definition) is 1. The van der Waals surface area contributed by atoms with Crippen molar-refractivity contribution in [3.05, 3.63) is 64.1 Å². The maximum atomic E-state index is 15.8. The number of halogens is 5. The number of rotatable bonds is 10. The molecule has 36 heavy (non-hydrogen) atoms. The molecule has 2 heterocycles. The summed E-state index contributed by atoms with van der Waals surface area (Å²) in [5.74, 6) is -2.45. The summed E-state index contributed by atoms with van der Waals surface area (Å²) in [5.41, 5.74) is 1.70. The fourth-order valence-electron chi connectivity index (χ4n) is 5.40. The van der Waals surface area contributed by atoms with Crippen molar-refractivity contribution in [2.75, 3.05) is 32.9 Å². The molecule has 2 aromatic rings. The van der Waals surface area contributed by atoms with Crippen molar-refractivity contribution in [2.24, 2.45) is 0 Å². The predicted octanol–water partition coefficient (Wildman–Crippen LogP) is 5.47. The highest BCUT2D eigenvalue weighted by Gasteiger charge is 2.50. The van der Waals surface area contributed by atoms with Gasteiger partial charge in [-0.1, -0.05) is 6.07 Å². The van der Waals surface area contributed by atoms with Crippen LogP contribution in [0.3, 0.4) is 0 Å².